The number of amides is 2. The maximum atomic E-state index is 13.6. The zero-order valence-corrected chi connectivity index (χ0v) is 21.3. The standard InChI is InChI=1S/C30H26Cl2N2O2/c1-21(24-12-6-3-7-13-24)33-29(35)18-23-11-8-14-26(17-23)34(20-22-9-4-2-5-10-22)30(36)27-16-15-25(31)19-28(27)32/h2-17,19,21H,18,20H2,1H3,(H,33,35). The molecule has 182 valence electrons. The monoisotopic (exact) mass is 516 g/mol. The maximum Gasteiger partial charge on any atom is 0.260 e. The van der Waals surface area contributed by atoms with Gasteiger partial charge < -0.3 is 10.2 Å². The van der Waals surface area contributed by atoms with Gasteiger partial charge >= 0.3 is 0 Å². The highest BCUT2D eigenvalue weighted by molar-refractivity contribution is 6.37. The second-order valence-electron chi connectivity index (χ2n) is 8.55. The van der Waals surface area contributed by atoms with E-state index in [1.165, 1.54) is 0 Å². The number of hydrogen-bond acceptors (Lipinski definition) is 2. The summed E-state index contributed by atoms with van der Waals surface area (Å²) in [5.41, 5.74) is 3.85. The summed E-state index contributed by atoms with van der Waals surface area (Å²) in [6.07, 6.45) is 0.195. The zero-order valence-electron chi connectivity index (χ0n) is 19.8. The van der Waals surface area contributed by atoms with E-state index in [4.69, 9.17) is 23.2 Å². The molecule has 0 saturated carbocycles. The molecule has 4 aromatic rings. The largest absolute Gasteiger partial charge is 0.349 e. The van der Waals surface area contributed by atoms with Gasteiger partial charge in [0.1, 0.15) is 0 Å². The number of carbonyl (C=O) groups is 2. The molecular weight excluding hydrogens is 491 g/mol. The summed E-state index contributed by atoms with van der Waals surface area (Å²) in [7, 11) is 0. The molecule has 0 aliphatic heterocycles. The molecular formula is C30H26Cl2N2O2. The molecule has 36 heavy (non-hydrogen) atoms. The molecule has 0 saturated heterocycles. The van der Waals surface area contributed by atoms with Gasteiger partial charge in [-0.05, 0) is 53.9 Å². The van der Waals surface area contributed by atoms with Gasteiger partial charge in [-0.2, -0.15) is 0 Å². The lowest BCUT2D eigenvalue weighted by atomic mass is 10.1. The van der Waals surface area contributed by atoms with Crippen LogP contribution in [0, 0.1) is 0 Å². The Morgan fingerprint density at radius 1 is 0.806 bits per heavy atom. The summed E-state index contributed by atoms with van der Waals surface area (Å²) >= 11 is 12.4. The van der Waals surface area contributed by atoms with Crippen molar-refractivity contribution in [1.29, 1.82) is 0 Å². The van der Waals surface area contributed by atoms with Gasteiger partial charge in [0.05, 0.1) is 29.6 Å². The lowest BCUT2D eigenvalue weighted by Gasteiger charge is -2.24. The minimum atomic E-state index is -0.250. The number of nitrogens with zero attached hydrogens (tertiary/aromatic N) is 1. The summed E-state index contributed by atoms with van der Waals surface area (Å²) in [6, 6.07) is 31.8. The van der Waals surface area contributed by atoms with Gasteiger partial charge in [-0.15, -0.1) is 0 Å². The molecule has 6 heteroatoms. The number of nitrogens with one attached hydrogen (secondary N) is 1. The summed E-state index contributed by atoms with van der Waals surface area (Å²) in [6.45, 7) is 2.30. The predicted molar refractivity (Wildman–Crippen MR) is 147 cm³/mol. The van der Waals surface area contributed by atoms with E-state index < -0.39 is 0 Å². The summed E-state index contributed by atoms with van der Waals surface area (Å²) in [4.78, 5) is 28.1. The van der Waals surface area contributed by atoms with Crippen molar-refractivity contribution in [3.05, 3.63) is 135 Å². The fourth-order valence-electron chi connectivity index (χ4n) is 3.99. The van der Waals surface area contributed by atoms with Gasteiger partial charge in [-0.25, -0.2) is 0 Å². The van der Waals surface area contributed by atoms with Crippen LogP contribution in [0.15, 0.2) is 103 Å². The van der Waals surface area contributed by atoms with Crippen molar-refractivity contribution < 1.29 is 9.59 Å². The summed E-state index contributed by atoms with van der Waals surface area (Å²) < 4.78 is 0. The van der Waals surface area contributed by atoms with Gasteiger partial charge in [0.15, 0.2) is 0 Å². The first-order chi connectivity index (χ1) is 17.4. The molecule has 0 fully saturated rings. The molecule has 4 aromatic carbocycles. The van der Waals surface area contributed by atoms with Gasteiger partial charge in [-0.1, -0.05) is 96.0 Å². The van der Waals surface area contributed by atoms with E-state index in [0.717, 1.165) is 16.7 Å². The molecule has 0 aromatic heterocycles. The highest BCUT2D eigenvalue weighted by Gasteiger charge is 2.21. The summed E-state index contributed by atoms with van der Waals surface area (Å²) in [5.74, 6) is -0.343. The highest BCUT2D eigenvalue weighted by Crippen LogP contribution is 2.27. The Kier molecular flexibility index (Phi) is 8.42. The molecule has 4 rings (SSSR count). The van der Waals surface area contributed by atoms with E-state index in [9.17, 15) is 9.59 Å². The SMILES string of the molecule is CC(NC(=O)Cc1cccc(N(Cc2ccccc2)C(=O)c2ccc(Cl)cc2Cl)c1)c1ccccc1. The second kappa shape index (κ2) is 11.9. The molecule has 2 amide bonds. The van der Waals surface area contributed by atoms with Crippen LogP contribution >= 0.6 is 23.2 Å². The number of rotatable bonds is 8. The Labute approximate surface area is 221 Å². The lowest BCUT2D eigenvalue weighted by Crippen LogP contribution is -2.31. The number of carbonyl (C=O) groups excluding carboxylic acids is 2. The van der Waals surface area contributed by atoms with Crippen LogP contribution in [0.2, 0.25) is 10.0 Å². The summed E-state index contributed by atoms with van der Waals surface area (Å²) in [5, 5.41) is 3.80. The lowest BCUT2D eigenvalue weighted by molar-refractivity contribution is -0.121. The molecule has 4 nitrogen and oxygen atoms in total. The number of benzene rings is 4. The molecule has 0 radical (unpaired) electrons. The molecule has 1 atom stereocenters. The van der Waals surface area contributed by atoms with Crippen LogP contribution in [0.5, 0.6) is 0 Å². The third kappa shape index (κ3) is 6.54. The second-order valence-corrected chi connectivity index (χ2v) is 9.39. The first-order valence-corrected chi connectivity index (χ1v) is 12.4. The Balaban J connectivity index is 1.58. The third-order valence-corrected chi connectivity index (χ3v) is 6.40. The maximum absolute atomic E-state index is 13.6. The van der Waals surface area contributed by atoms with E-state index in [1.54, 1.807) is 23.1 Å². The normalized spacial score (nSPS) is 11.5. The molecule has 0 aliphatic rings. The Hall–Kier alpha value is -3.60. The van der Waals surface area contributed by atoms with Crippen molar-refractivity contribution in [2.24, 2.45) is 0 Å². The number of hydrogen-bond donors (Lipinski definition) is 1. The van der Waals surface area contributed by atoms with Crippen LogP contribution in [0.25, 0.3) is 0 Å². The van der Waals surface area contributed by atoms with E-state index >= 15 is 0 Å². The molecule has 0 spiro atoms. The van der Waals surface area contributed by atoms with Crippen LogP contribution in [0.3, 0.4) is 0 Å². The van der Waals surface area contributed by atoms with Crippen molar-refractivity contribution >= 4 is 40.7 Å². The Morgan fingerprint density at radius 3 is 2.17 bits per heavy atom. The van der Waals surface area contributed by atoms with Crippen LogP contribution in [-0.2, 0) is 17.8 Å². The van der Waals surface area contributed by atoms with Crippen molar-refractivity contribution in [2.45, 2.75) is 25.9 Å². The average Bonchev–Trinajstić information content (AvgIpc) is 2.88. The third-order valence-electron chi connectivity index (χ3n) is 5.85. The Bertz CT molecular complexity index is 1340. The smallest absolute Gasteiger partial charge is 0.260 e. The van der Waals surface area contributed by atoms with E-state index in [1.807, 2.05) is 91.9 Å². The van der Waals surface area contributed by atoms with Crippen molar-refractivity contribution in [3.8, 4) is 0 Å². The average molecular weight is 517 g/mol. The topological polar surface area (TPSA) is 49.4 Å². The number of anilines is 1. The van der Waals surface area contributed by atoms with Crippen LogP contribution < -0.4 is 10.2 Å². The van der Waals surface area contributed by atoms with Crippen molar-refractivity contribution in [1.82, 2.24) is 5.32 Å². The highest BCUT2D eigenvalue weighted by atomic mass is 35.5. The fraction of sp³-hybridized carbons (Fsp3) is 0.133. The minimum Gasteiger partial charge on any atom is -0.349 e. The van der Waals surface area contributed by atoms with Crippen LogP contribution in [0.4, 0.5) is 5.69 Å². The molecule has 0 heterocycles. The molecule has 0 bridgehead atoms. The van der Waals surface area contributed by atoms with Gasteiger partial charge in [0.2, 0.25) is 5.91 Å². The molecule has 1 unspecified atom stereocenters. The number of halogens is 2. The first kappa shape index (κ1) is 25.5. The first-order valence-electron chi connectivity index (χ1n) is 11.6. The van der Waals surface area contributed by atoms with E-state index in [-0.39, 0.29) is 29.3 Å². The van der Waals surface area contributed by atoms with Gasteiger partial charge in [0.25, 0.3) is 5.91 Å². The Morgan fingerprint density at radius 2 is 1.47 bits per heavy atom. The van der Waals surface area contributed by atoms with Crippen LogP contribution in [-0.4, -0.2) is 11.8 Å². The zero-order chi connectivity index (χ0) is 25.5. The van der Waals surface area contributed by atoms with Crippen molar-refractivity contribution in [2.75, 3.05) is 4.90 Å². The van der Waals surface area contributed by atoms with Crippen LogP contribution in [0.1, 0.15) is 40.0 Å². The van der Waals surface area contributed by atoms with E-state index in [0.29, 0.717) is 22.8 Å². The van der Waals surface area contributed by atoms with Gasteiger partial charge in [-0.3, -0.25) is 9.59 Å². The quantitative estimate of drug-likeness (QED) is 0.268. The fourth-order valence-corrected chi connectivity index (χ4v) is 4.48. The minimum absolute atomic E-state index is 0.0924. The predicted octanol–water partition coefficient (Wildman–Crippen LogP) is 7.26. The van der Waals surface area contributed by atoms with Gasteiger partial charge in [0, 0.05) is 10.7 Å². The van der Waals surface area contributed by atoms with Crippen molar-refractivity contribution in [3.63, 3.8) is 0 Å². The molecule has 0 aliphatic carbocycles. The van der Waals surface area contributed by atoms with E-state index in [2.05, 4.69) is 5.32 Å². The molecule has 1 N–H and O–H groups in total.